The van der Waals surface area contributed by atoms with E-state index in [9.17, 15) is 22.9 Å². The van der Waals surface area contributed by atoms with Crippen LogP contribution in [0.4, 0.5) is 0 Å². The molecule has 0 saturated carbocycles. The van der Waals surface area contributed by atoms with Gasteiger partial charge in [-0.2, -0.15) is 0 Å². The Morgan fingerprint density at radius 1 is 0.793 bits per heavy atom. The van der Waals surface area contributed by atoms with Gasteiger partial charge in [-0.15, -0.1) is 5.75 Å². The van der Waals surface area contributed by atoms with Crippen LogP contribution < -0.4 is 5.11 Å². The number of halogens is 4. The number of hydrogen-bond acceptors (Lipinski definition) is 5. The molecule has 0 N–H and O–H groups in total. The van der Waals surface area contributed by atoms with Gasteiger partial charge in [-0.3, -0.25) is 4.79 Å². The Morgan fingerprint density at radius 3 is 1.83 bits per heavy atom. The molecule has 3 rings (SSSR count). The first kappa shape index (κ1) is 22.6. The van der Waals surface area contributed by atoms with E-state index < -0.39 is 15.0 Å². The van der Waals surface area contributed by atoms with Crippen LogP contribution in [0.1, 0.15) is 11.1 Å². The topological polar surface area (TPSA) is 97.3 Å². The van der Waals surface area contributed by atoms with E-state index in [4.69, 9.17) is 0 Å². The average molecular weight is 668 g/mol. The summed E-state index contributed by atoms with van der Waals surface area (Å²) in [5.74, 6) is -0.450. The van der Waals surface area contributed by atoms with Crippen LogP contribution >= 0.6 is 63.7 Å². The Morgan fingerprint density at radius 2 is 1.31 bits per heavy atom. The van der Waals surface area contributed by atoms with E-state index >= 15 is 0 Å². The molecule has 0 spiro atoms. The van der Waals surface area contributed by atoms with Gasteiger partial charge in [0.15, 0.2) is 5.78 Å². The van der Waals surface area contributed by atoms with Crippen molar-refractivity contribution in [3.63, 3.8) is 0 Å². The largest absolute Gasteiger partial charge is 0.872 e. The molecular formula is C19H8Br4O5S-2. The summed E-state index contributed by atoms with van der Waals surface area (Å²) in [5, 5.41) is 11.6. The van der Waals surface area contributed by atoms with Crippen molar-refractivity contribution in [3.8, 4) is 5.75 Å². The summed E-state index contributed by atoms with van der Waals surface area (Å²) in [4.78, 5) is 11.1. The molecule has 150 valence electrons. The molecular weight excluding hydrogens is 660 g/mol. The fourth-order valence-corrected chi connectivity index (χ4v) is 6.72. The zero-order valence-corrected chi connectivity index (χ0v) is 21.2. The van der Waals surface area contributed by atoms with Gasteiger partial charge in [0.2, 0.25) is 0 Å². The van der Waals surface area contributed by atoms with Crippen LogP contribution in [-0.4, -0.2) is 18.8 Å². The second kappa shape index (κ2) is 8.60. The number of rotatable bonds is 3. The van der Waals surface area contributed by atoms with Crippen molar-refractivity contribution in [2.75, 3.05) is 0 Å². The third-order valence-electron chi connectivity index (χ3n) is 4.01. The van der Waals surface area contributed by atoms with Crippen LogP contribution in [-0.2, 0) is 14.9 Å². The van der Waals surface area contributed by atoms with Gasteiger partial charge in [-0.1, -0.05) is 36.4 Å². The van der Waals surface area contributed by atoms with Gasteiger partial charge in [0.1, 0.15) is 10.1 Å². The highest BCUT2D eigenvalue weighted by Crippen LogP contribution is 2.48. The highest BCUT2D eigenvalue weighted by molar-refractivity contribution is 9.15. The fraction of sp³-hybridized carbons (Fsp3) is 0. The van der Waals surface area contributed by atoms with E-state index in [1.807, 2.05) is 0 Å². The Kier molecular flexibility index (Phi) is 6.72. The van der Waals surface area contributed by atoms with Crippen LogP contribution in [0.3, 0.4) is 0 Å². The number of allylic oxidation sites excluding steroid dienone is 5. The molecule has 5 nitrogen and oxygen atoms in total. The lowest BCUT2D eigenvalue weighted by atomic mass is 9.91. The fourth-order valence-electron chi connectivity index (χ4n) is 2.77. The van der Waals surface area contributed by atoms with Crippen molar-refractivity contribution in [3.05, 3.63) is 83.2 Å². The molecule has 0 heterocycles. The smallest absolute Gasteiger partial charge is 0.178 e. The molecule has 10 heteroatoms. The van der Waals surface area contributed by atoms with Gasteiger partial charge in [0.05, 0.1) is 9.37 Å². The van der Waals surface area contributed by atoms with Gasteiger partial charge in [-0.25, -0.2) is 8.42 Å². The van der Waals surface area contributed by atoms with Crippen molar-refractivity contribution in [2.24, 2.45) is 0 Å². The zero-order valence-electron chi connectivity index (χ0n) is 14.1. The van der Waals surface area contributed by atoms with Gasteiger partial charge < -0.3 is 9.66 Å². The Hall–Kier alpha value is -1.04. The van der Waals surface area contributed by atoms with Crippen LogP contribution in [0, 0.1) is 0 Å². The molecule has 2 aromatic carbocycles. The molecule has 0 saturated heterocycles. The maximum Gasteiger partial charge on any atom is 0.178 e. The maximum atomic E-state index is 12.2. The summed E-state index contributed by atoms with van der Waals surface area (Å²) in [6.45, 7) is 0. The molecule has 0 atom stereocenters. The molecule has 0 amide bonds. The van der Waals surface area contributed by atoms with E-state index in [0.29, 0.717) is 30.1 Å². The van der Waals surface area contributed by atoms with Crippen LogP contribution in [0.15, 0.2) is 76.9 Å². The number of hydrogen-bond donors (Lipinski definition) is 0. The third-order valence-corrected chi connectivity index (χ3v) is 9.95. The summed E-state index contributed by atoms with van der Waals surface area (Å²) >= 11 is 13.2. The molecule has 0 radical (unpaired) electrons. The van der Waals surface area contributed by atoms with Crippen LogP contribution in [0.25, 0.3) is 5.57 Å². The summed E-state index contributed by atoms with van der Waals surface area (Å²) in [6.07, 6.45) is 5.72. The lowest BCUT2D eigenvalue weighted by Crippen LogP contribution is -2.09. The minimum atomic E-state index is -4.93. The second-order valence-corrected chi connectivity index (χ2v) is 10.3. The predicted octanol–water partition coefficient (Wildman–Crippen LogP) is 5.21. The zero-order chi connectivity index (χ0) is 21.5. The lowest BCUT2D eigenvalue weighted by Gasteiger charge is -2.23. The molecule has 0 aromatic heterocycles. The minimum absolute atomic E-state index is 0.0518. The SMILES string of the molecule is O=C1C=CC(=C(c2ccc([O-])cc2)c2c(Br)c(Br)c(Br)c(Br)c2S(=O)(=O)[O-])C=C1. The molecule has 0 bridgehead atoms. The monoisotopic (exact) mass is 664 g/mol. The quantitative estimate of drug-likeness (QED) is 0.254. The minimum Gasteiger partial charge on any atom is -0.872 e. The molecule has 29 heavy (non-hydrogen) atoms. The highest BCUT2D eigenvalue weighted by atomic mass is 79.9. The van der Waals surface area contributed by atoms with E-state index in [0.717, 1.165) is 0 Å². The molecule has 2 aromatic rings. The van der Waals surface area contributed by atoms with E-state index in [1.54, 1.807) is 0 Å². The average Bonchev–Trinajstić information content (AvgIpc) is 2.66. The Labute approximate surface area is 200 Å². The Balaban J connectivity index is 2.53. The number of carbonyl (C=O) groups excluding carboxylic acids is 1. The first-order valence-corrected chi connectivity index (χ1v) is 12.3. The Bertz CT molecular complexity index is 1210. The lowest BCUT2D eigenvalue weighted by molar-refractivity contribution is -0.268. The second-order valence-electron chi connectivity index (χ2n) is 5.84. The number of ketones is 1. The van der Waals surface area contributed by atoms with Crippen LogP contribution in [0.2, 0.25) is 0 Å². The summed E-state index contributed by atoms with van der Waals surface area (Å²) < 4.78 is 37.8. The van der Waals surface area contributed by atoms with E-state index in [-0.39, 0.29) is 21.6 Å². The number of carbonyl (C=O) groups is 1. The maximum absolute atomic E-state index is 12.2. The molecule has 1 aliphatic rings. The van der Waals surface area contributed by atoms with Crippen molar-refractivity contribution < 1.29 is 22.9 Å². The van der Waals surface area contributed by atoms with E-state index in [1.165, 1.54) is 48.6 Å². The van der Waals surface area contributed by atoms with Gasteiger partial charge >= 0.3 is 0 Å². The van der Waals surface area contributed by atoms with Gasteiger partial charge in [0, 0.05) is 19.0 Å². The molecule has 0 aliphatic heterocycles. The summed E-state index contributed by atoms with van der Waals surface area (Å²) in [5.41, 5.74) is 1.45. The van der Waals surface area contributed by atoms with Crippen molar-refractivity contribution >= 4 is 85.2 Å². The number of benzene rings is 2. The first-order valence-electron chi connectivity index (χ1n) is 7.76. The summed E-state index contributed by atoms with van der Waals surface area (Å²) in [6, 6.07) is 5.72. The third kappa shape index (κ3) is 4.52. The van der Waals surface area contributed by atoms with Crippen molar-refractivity contribution in [2.45, 2.75) is 4.90 Å². The van der Waals surface area contributed by atoms with Crippen molar-refractivity contribution in [1.29, 1.82) is 0 Å². The summed E-state index contributed by atoms with van der Waals surface area (Å²) in [7, 11) is -4.93. The van der Waals surface area contributed by atoms with E-state index in [2.05, 4.69) is 63.7 Å². The van der Waals surface area contributed by atoms with Gasteiger partial charge in [-0.05, 0) is 92.6 Å². The molecule has 1 aliphatic carbocycles. The van der Waals surface area contributed by atoms with Crippen molar-refractivity contribution in [1.82, 2.24) is 0 Å². The normalized spacial score (nSPS) is 13.8. The van der Waals surface area contributed by atoms with Crippen LogP contribution in [0.5, 0.6) is 5.75 Å². The predicted molar refractivity (Wildman–Crippen MR) is 120 cm³/mol. The van der Waals surface area contributed by atoms with Gasteiger partial charge in [0.25, 0.3) is 0 Å². The molecule has 0 unspecified atom stereocenters. The first-order chi connectivity index (χ1) is 13.5. The highest BCUT2D eigenvalue weighted by Gasteiger charge is 2.27. The standard InChI is InChI=1S/C19H10Br4O5S/c20-15-14(19(29(26,27)28)18(23)17(22)16(15)21)13(9-1-5-11(24)6-2-9)10-3-7-12(25)8-4-10/h1-8,24H,(H,26,27,28)/p-2. The molecule has 0 fully saturated rings.